The first-order valence-corrected chi connectivity index (χ1v) is 15.9. The molecule has 1 atom stereocenters. The van der Waals surface area contributed by atoms with Crippen LogP contribution >= 0.6 is 11.6 Å². The van der Waals surface area contributed by atoms with Gasteiger partial charge in [0.15, 0.2) is 0 Å². The number of hydrogen-bond acceptors (Lipinski definition) is 4. The number of rotatable bonds is 11. The van der Waals surface area contributed by atoms with Gasteiger partial charge in [-0.1, -0.05) is 91.0 Å². The first kappa shape index (κ1) is 30.8. The van der Waals surface area contributed by atoms with E-state index in [9.17, 15) is 18.0 Å². The van der Waals surface area contributed by atoms with Crippen molar-refractivity contribution in [3.8, 4) is 0 Å². The van der Waals surface area contributed by atoms with Crippen LogP contribution in [0.2, 0.25) is 5.02 Å². The molecule has 0 radical (unpaired) electrons. The van der Waals surface area contributed by atoms with Crippen LogP contribution in [0.15, 0.2) is 83.8 Å². The Morgan fingerprint density at radius 2 is 1.59 bits per heavy atom. The van der Waals surface area contributed by atoms with Gasteiger partial charge in [-0.25, -0.2) is 8.42 Å². The average Bonchev–Trinajstić information content (AvgIpc) is 2.96. The first-order chi connectivity index (χ1) is 19.6. The number of sulfonamides is 1. The molecule has 3 aromatic rings. The third kappa shape index (κ3) is 8.41. The second-order valence-electron chi connectivity index (χ2n) is 10.8. The Hall–Kier alpha value is -3.20. The molecular formula is C32H38ClN3O4S. The van der Waals surface area contributed by atoms with E-state index in [-0.39, 0.29) is 23.4 Å². The monoisotopic (exact) mass is 595 g/mol. The first-order valence-electron chi connectivity index (χ1n) is 14.0. The standard InChI is InChI=1S/C32H38ClN3O4S/c1-24-16-18-29(19-17-24)41(39,40)35(2)23-31(37)36(22-26-12-9-13-27(33)20-26)30(21-25-10-5-3-6-11-25)32(38)34-28-14-7-4-8-15-28/h3,5-6,9-13,16-20,28,30H,4,7-8,14-15,21-23H2,1-2H3,(H,34,38)/t30-/m1/s1. The molecule has 3 aromatic carbocycles. The van der Waals surface area contributed by atoms with Crippen molar-refractivity contribution in [1.29, 1.82) is 0 Å². The molecule has 1 aliphatic rings. The predicted octanol–water partition coefficient (Wildman–Crippen LogP) is 5.36. The Kier molecular flexibility index (Phi) is 10.6. The second kappa shape index (κ2) is 14.1. The lowest BCUT2D eigenvalue weighted by Gasteiger charge is -2.34. The summed E-state index contributed by atoms with van der Waals surface area (Å²) in [7, 11) is -2.54. The van der Waals surface area contributed by atoms with Gasteiger partial charge in [0.2, 0.25) is 21.8 Å². The lowest BCUT2D eigenvalue weighted by atomic mass is 9.94. The molecule has 218 valence electrons. The van der Waals surface area contributed by atoms with E-state index in [1.807, 2.05) is 43.3 Å². The molecule has 0 aromatic heterocycles. The van der Waals surface area contributed by atoms with E-state index in [1.165, 1.54) is 24.1 Å². The highest BCUT2D eigenvalue weighted by Crippen LogP contribution is 2.22. The SMILES string of the molecule is Cc1ccc(S(=O)(=O)N(C)CC(=O)N(Cc2cccc(Cl)c2)[C@H](Cc2ccccc2)C(=O)NC2CCCCC2)cc1. The second-order valence-corrected chi connectivity index (χ2v) is 13.3. The number of hydrogen-bond donors (Lipinski definition) is 1. The van der Waals surface area contributed by atoms with Crippen molar-refractivity contribution in [3.05, 3.63) is 101 Å². The highest BCUT2D eigenvalue weighted by atomic mass is 35.5. The van der Waals surface area contributed by atoms with Gasteiger partial charge in [0.1, 0.15) is 6.04 Å². The predicted molar refractivity (Wildman–Crippen MR) is 162 cm³/mol. The molecule has 0 aliphatic heterocycles. The fourth-order valence-electron chi connectivity index (χ4n) is 5.19. The summed E-state index contributed by atoms with van der Waals surface area (Å²) in [4.78, 5) is 29.5. The molecular weight excluding hydrogens is 558 g/mol. The summed E-state index contributed by atoms with van der Waals surface area (Å²) in [5.74, 6) is -0.705. The van der Waals surface area contributed by atoms with E-state index >= 15 is 0 Å². The number of benzene rings is 3. The molecule has 1 fully saturated rings. The summed E-state index contributed by atoms with van der Waals surface area (Å²) in [5.41, 5.74) is 2.59. The zero-order chi connectivity index (χ0) is 29.4. The van der Waals surface area contributed by atoms with Crippen LogP contribution in [-0.2, 0) is 32.6 Å². The van der Waals surface area contributed by atoms with Gasteiger partial charge >= 0.3 is 0 Å². The van der Waals surface area contributed by atoms with Gasteiger partial charge in [-0.05, 0) is 55.2 Å². The lowest BCUT2D eigenvalue weighted by molar-refractivity contribution is -0.141. The van der Waals surface area contributed by atoms with Crippen molar-refractivity contribution in [2.45, 2.75) is 69.0 Å². The van der Waals surface area contributed by atoms with E-state index in [1.54, 1.807) is 30.3 Å². The molecule has 0 saturated heterocycles. The summed E-state index contributed by atoms with van der Waals surface area (Å²) in [5, 5.41) is 3.71. The summed E-state index contributed by atoms with van der Waals surface area (Å²) >= 11 is 6.26. The Labute approximate surface area is 248 Å². The van der Waals surface area contributed by atoms with Crippen molar-refractivity contribution in [3.63, 3.8) is 0 Å². The molecule has 0 bridgehead atoms. The normalized spacial score (nSPS) is 14.9. The van der Waals surface area contributed by atoms with E-state index in [0.717, 1.165) is 53.1 Å². The lowest BCUT2D eigenvalue weighted by Crippen LogP contribution is -2.54. The number of halogens is 1. The van der Waals surface area contributed by atoms with Gasteiger partial charge in [-0.15, -0.1) is 0 Å². The van der Waals surface area contributed by atoms with Gasteiger partial charge in [0.25, 0.3) is 0 Å². The molecule has 41 heavy (non-hydrogen) atoms. The molecule has 0 spiro atoms. The number of aryl methyl sites for hydroxylation is 1. The van der Waals surface area contributed by atoms with Crippen LogP contribution in [0.4, 0.5) is 0 Å². The van der Waals surface area contributed by atoms with Gasteiger partial charge < -0.3 is 10.2 Å². The maximum absolute atomic E-state index is 14.0. The number of nitrogens with zero attached hydrogens (tertiary/aromatic N) is 2. The molecule has 1 N–H and O–H groups in total. The van der Waals surface area contributed by atoms with Crippen LogP contribution in [0, 0.1) is 6.92 Å². The minimum Gasteiger partial charge on any atom is -0.352 e. The highest BCUT2D eigenvalue weighted by Gasteiger charge is 2.34. The maximum atomic E-state index is 14.0. The van der Waals surface area contributed by atoms with Crippen molar-refractivity contribution in [1.82, 2.24) is 14.5 Å². The van der Waals surface area contributed by atoms with Crippen LogP contribution in [0.3, 0.4) is 0 Å². The maximum Gasteiger partial charge on any atom is 0.243 e. The molecule has 4 rings (SSSR count). The van der Waals surface area contributed by atoms with Crippen molar-refractivity contribution in [2.24, 2.45) is 0 Å². The molecule has 0 unspecified atom stereocenters. The zero-order valence-electron chi connectivity index (χ0n) is 23.6. The van der Waals surface area contributed by atoms with E-state index < -0.39 is 28.5 Å². The van der Waals surface area contributed by atoms with Crippen LogP contribution in [0.25, 0.3) is 0 Å². The van der Waals surface area contributed by atoms with Gasteiger partial charge in [-0.3, -0.25) is 9.59 Å². The minimum absolute atomic E-state index is 0.0576. The number of nitrogens with one attached hydrogen (secondary N) is 1. The smallest absolute Gasteiger partial charge is 0.243 e. The number of carbonyl (C=O) groups is 2. The van der Waals surface area contributed by atoms with E-state index in [0.29, 0.717) is 11.4 Å². The summed E-state index contributed by atoms with van der Waals surface area (Å²) in [6, 6.07) is 22.4. The van der Waals surface area contributed by atoms with Crippen molar-refractivity contribution >= 4 is 33.4 Å². The van der Waals surface area contributed by atoms with Crippen LogP contribution in [0.1, 0.15) is 48.8 Å². The van der Waals surface area contributed by atoms with Gasteiger partial charge in [0, 0.05) is 31.1 Å². The zero-order valence-corrected chi connectivity index (χ0v) is 25.2. The molecule has 1 saturated carbocycles. The van der Waals surface area contributed by atoms with Crippen LogP contribution in [-0.4, -0.2) is 55.1 Å². The summed E-state index contributed by atoms with van der Waals surface area (Å²) < 4.78 is 27.7. The summed E-state index contributed by atoms with van der Waals surface area (Å²) in [6.07, 6.45) is 5.37. The van der Waals surface area contributed by atoms with E-state index in [4.69, 9.17) is 11.6 Å². The largest absolute Gasteiger partial charge is 0.352 e. The van der Waals surface area contributed by atoms with Gasteiger partial charge in [-0.2, -0.15) is 4.31 Å². The van der Waals surface area contributed by atoms with Crippen molar-refractivity contribution < 1.29 is 18.0 Å². The topological polar surface area (TPSA) is 86.8 Å². The molecule has 9 heteroatoms. The molecule has 2 amide bonds. The number of likely N-dealkylation sites (N-methyl/N-ethyl adjacent to an activating group) is 1. The number of carbonyl (C=O) groups excluding carboxylic acids is 2. The Morgan fingerprint density at radius 1 is 0.927 bits per heavy atom. The quantitative estimate of drug-likeness (QED) is 0.323. The fourth-order valence-corrected chi connectivity index (χ4v) is 6.52. The third-order valence-corrected chi connectivity index (χ3v) is 9.60. The van der Waals surface area contributed by atoms with Crippen molar-refractivity contribution in [2.75, 3.05) is 13.6 Å². The molecule has 7 nitrogen and oxygen atoms in total. The third-order valence-electron chi connectivity index (χ3n) is 7.55. The van der Waals surface area contributed by atoms with Gasteiger partial charge in [0.05, 0.1) is 11.4 Å². The highest BCUT2D eigenvalue weighted by molar-refractivity contribution is 7.89. The summed E-state index contributed by atoms with van der Waals surface area (Å²) in [6.45, 7) is 1.56. The average molecular weight is 596 g/mol. The van der Waals surface area contributed by atoms with Crippen LogP contribution < -0.4 is 5.32 Å². The fraction of sp³-hybridized carbons (Fsp3) is 0.375. The minimum atomic E-state index is -3.93. The molecule has 1 aliphatic carbocycles. The Balaban J connectivity index is 1.66. The van der Waals surface area contributed by atoms with E-state index in [2.05, 4.69) is 5.32 Å². The van der Waals surface area contributed by atoms with Crippen LogP contribution in [0.5, 0.6) is 0 Å². The Bertz CT molecular complexity index is 1420. The molecule has 0 heterocycles. The Morgan fingerprint density at radius 3 is 2.24 bits per heavy atom. The number of amides is 2.